The lowest BCUT2D eigenvalue weighted by Crippen LogP contribution is -2.65. The van der Waals surface area contributed by atoms with Crippen LogP contribution in [-0.4, -0.2) is 140 Å². The molecule has 0 aliphatic carbocycles. The number of aliphatic hydroxyl groups excluding tert-OH is 8. The van der Waals surface area contributed by atoms with Gasteiger partial charge in [-0.3, -0.25) is 4.79 Å². The Morgan fingerprint density at radius 2 is 0.778 bits per heavy atom. The number of carbonyl (C=O) groups excluding carboxylic acids is 1. The van der Waals surface area contributed by atoms with Crippen molar-refractivity contribution in [3.05, 3.63) is 109 Å². The van der Waals surface area contributed by atoms with Crippen LogP contribution in [0.3, 0.4) is 0 Å². The number of rotatable bonds is 58. The fourth-order valence-corrected chi connectivity index (χ4v) is 11.2. The molecular weight excluding hydrogens is 1130 g/mol. The highest BCUT2D eigenvalue weighted by molar-refractivity contribution is 5.76. The number of aliphatic hydroxyl groups is 8. The maximum absolute atomic E-state index is 13.3. The van der Waals surface area contributed by atoms with Crippen molar-refractivity contribution < 1.29 is 64.6 Å². The maximum atomic E-state index is 13.3. The lowest BCUT2D eigenvalue weighted by Gasteiger charge is -2.46. The molecule has 2 aliphatic rings. The predicted molar refractivity (Wildman–Crippen MR) is 369 cm³/mol. The van der Waals surface area contributed by atoms with Crippen LogP contribution < -0.4 is 5.32 Å². The minimum Gasteiger partial charge on any atom is -0.394 e. The summed E-state index contributed by atoms with van der Waals surface area (Å²) in [5.74, 6) is -0.258. The molecule has 0 aromatic rings. The van der Waals surface area contributed by atoms with Crippen molar-refractivity contribution in [2.75, 3.05) is 19.8 Å². The van der Waals surface area contributed by atoms with Crippen LogP contribution in [0.15, 0.2) is 109 Å². The minimum absolute atomic E-state index is 0.258. The molecule has 12 unspecified atom stereocenters. The van der Waals surface area contributed by atoms with Crippen LogP contribution in [0.25, 0.3) is 0 Å². The number of carbonyl (C=O) groups is 1. The van der Waals surface area contributed by atoms with Crippen LogP contribution in [0.5, 0.6) is 0 Å². The smallest absolute Gasteiger partial charge is 0.220 e. The Hall–Kier alpha value is -3.35. The molecule has 2 saturated heterocycles. The number of nitrogens with one attached hydrogen (secondary N) is 1. The first-order valence-electron chi connectivity index (χ1n) is 36.1. The highest BCUT2D eigenvalue weighted by atomic mass is 16.7. The molecule has 0 aromatic heterocycles. The van der Waals surface area contributed by atoms with Crippen LogP contribution in [0.4, 0.5) is 0 Å². The summed E-state index contributed by atoms with van der Waals surface area (Å²) in [7, 11) is 0. The lowest BCUT2D eigenvalue weighted by atomic mass is 9.97. The molecule has 0 spiro atoms. The van der Waals surface area contributed by atoms with Crippen LogP contribution in [-0.2, 0) is 23.7 Å². The van der Waals surface area contributed by atoms with Gasteiger partial charge in [-0.25, -0.2) is 0 Å². The van der Waals surface area contributed by atoms with E-state index in [4.69, 9.17) is 18.9 Å². The molecule has 9 N–H and O–H groups in total. The molecule has 0 aromatic carbocycles. The zero-order valence-corrected chi connectivity index (χ0v) is 56.3. The lowest BCUT2D eigenvalue weighted by molar-refractivity contribution is -0.359. The molecule has 0 bridgehead atoms. The van der Waals surface area contributed by atoms with E-state index in [1.165, 1.54) is 148 Å². The summed E-state index contributed by atoms with van der Waals surface area (Å²) in [5.41, 5.74) is 0. The molecule has 2 heterocycles. The third kappa shape index (κ3) is 42.8. The van der Waals surface area contributed by atoms with E-state index in [9.17, 15) is 45.6 Å². The van der Waals surface area contributed by atoms with E-state index >= 15 is 0 Å². The first kappa shape index (κ1) is 82.7. The van der Waals surface area contributed by atoms with Crippen LogP contribution in [0.1, 0.15) is 271 Å². The minimum atomic E-state index is -1.80. The van der Waals surface area contributed by atoms with Gasteiger partial charge in [0, 0.05) is 6.42 Å². The largest absolute Gasteiger partial charge is 0.394 e. The third-order valence-electron chi connectivity index (χ3n) is 16.9. The second kappa shape index (κ2) is 59.4. The summed E-state index contributed by atoms with van der Waals surface area (Å²) < 4.78 is 22.8. The number of allylic oxidation sites excluding steroid dienone is 17. The first-order valence-corrected chi connectivity index (χ1v) is 36.1. The molecule has 12 atom stereocenters. The number of hydrogen-bond donors (Lipinski definition) is 9. The van der Waals surface area contributed by atoms with E-state index in [1.54, 1.807) is 6.08 Å². The Kier molecular flexibility index (Phi) is 54.6. The summed E-state index contributed by atoms with van der Waals surface area (Å²) in [4.78, 5) is 13.3. The molecule has 90 heavy (non-hydrogen) atoms. The van der Waals surface area contributed by atoms with Gasteiger partial charge >= 0.3 is 0 Å². The molecule has 0 radical (unpaired) electrons. The van der Waals surface area contributed by atoms with Crippen LogP contribution in [0.2, 0.25) is 0 Å². The summed E-state index contributed by atoms with van der Waals surface area (Å²) in [5, 5.41) is 87.5. The molecule has 2 fully saturated rings. The fourth-order valence-electron chi connectivity index (χ4n) is 11.2. The maximum Gasteiger partial charge on any atom is 0.220 e. The predicted octanol–water partition coefficient (Wildman–Crippen LogP) is 15.1. The van der Waals surface area contributed by atoms with E-state index in [0.717, 1.165) is 89.9 Å². The van der Waals surface area contributed by atoms with E-state index in [2.05, 4.69) is 116 Å². The summed E-state index contributed by atoms with van der Waals surface area (Å²) in [6.07, 6.45) is 68.5. The van der Waals surface area contributed by atoms with E-state index in [0.29, 0.717) is 12.8 Å². The van der Waals surface area contributed by atoms with Crippen molar-refractivity contribution in [3.63, 3.8) is 0 Å². The Bertz CT molecular complexity index is 1930. The monoisotopic (exact) mass is 1270 g/mol. The zero-order chi connectivity index (χ0) is 65.2. The number of hydrogen-bond acceptors (Lipinski definition) is 13. The molecule has 0 saturated carbocycles. The van der Waals surface area contributed by atoms with Crippen LogP contribution in [0, 0.1) is 0 Å². The Morgan fingerprint density at radius 1 is 0.411 bits per heavy atom. The number of unbranched alkanes of at least 4 members (excludes halogenated alkanes) is 29. The molecule has 2 aliphatic heterocycles. The standard InChI is InChI=1S/C76H131NO13/c1-3-5-7-9-11-13-15-17-19-21-23-25-27-29-30-31-32-33-34-36-38-40-42-44-46-48-50-52-54-56-58-60-68(81)77-64(63-87-75-73(86)71(84)74(67(62-79)89-75)90-76-72(85)70(83)69(82)66(61-78)88-76)65(80)59-57-55-53-51-49-47-45-43-41-39-37-35-28-26-24-22-20-18-16-14-12-10-8-6-4-2/h5,7,11,13,17,19,23,25,29-30,32-33,41,43,49,51,57,59,64-67,69-76,78-80,82-86H,3-4,6,8-10,12,14-16,18,20-22,24,26-28,31,34-40,42,44-48,50,52-56,58,60-63H2,1-2H3,(H,77,81)/b7-5-,13-11-,19-17-,25-23-,30-29-,33-32-,43-41+,51-49+,59-57+. The molecule has 14 heteroatoms. The first-order chi connectivity index (χ1) is 44.1. The highest BCUT2D eigenvalue weighted by Crippen LogP contribution is 2.30. The average molecular weight is 1270 g/mol. The molecule has 518 valence electrons. The van der Waals surface area contributed by atoms with Gasteiger partial charge in [0.05, 0.1) is 32.0 Å². The van der Waals surface area contributed by atoms with Gasteiger partial charge in [0.1, 0.15) is 48.8 Å². The van der Waals surface area contributed by atoms with Crippen molar-refractivity contribution >= 4 is 5.91 Å². The van der Waals surface area contributed by atoms with Crippen molar-refractivity contribution in [2.45, 2.75) is 344 Å². The quantitative estimate of drug-likeness (QED) is 0.0204. The van der Waals surface area contributed by atoms with E-state index < -0.39 is 86.8 Å². The molecule has 14 nitrogen and oxygen atoms in total. The summed E-state index contributed by atoms with van der Waals surface area (Å²) in [6.45, 7) is 2.68. The normalized spacial score (nSPS) is 23.6. The Morgan fingerprint density at radius 3 is 1.22 bits per heavy atom. The van der Waals surface area contributed by atoms with Crippen molar-refractivity contribution in [1.29, 1.82) is 0 Å². The van der Waals surface area contributed by atoms with Crippen molar-refractivity contribution in [1.82, 2.24) is 5.32 Å². The highest BCUT2D eigenvalue weighted by Gasteiger charge is 2.51. The van der Waals surface area contributed by atoms with Gasteiger partial charge in [-0.05, 0) is 96.3 Å². The molecule has 2 rings (SSSR count). The Balaban J connectivity index is 1.70. The summed E-state index contributed by atoms with van der Waals surface area (Å²) >= 11 is 0. The van der Waals surface area contributed by atoms with E-state index in [-0.39, 0.29) is 18.9 Å². The molecule has 1 amide bonds. The SMILES string of the molecule is CC/C=C\C/C=C\C/C=C\C/C=C\C/C=C\C/C=C\CCCCCCCCCCCCCCC(=O)NC(COC1OC(CO)C(OC2OC(CO)C(O)C(O)C2O)C(O)C1O)C(O)/C=C/CC/C=C/CC/C=C/CCCCCCCCCCCCCCCCC. The van der Waals surface area contributed by atoms with E-state index in [1.807, 2.05) is 6.08 Å². The van der Waals surface area contributed by atoms with Gasteiger partial charge in [0.25, 0.3) is 0 Å². The number of ether oxygens (including phenoxy) is 4. The number of amides is 1. The molecular formula is C76H131NO13. The van der Waals surface area contributed by atoms with Crippen LogP contribution >= 0.6 is 0 Å². The van der Waals surface area contributed by atoms with Gasteiger partial charge in [0.15, 0.2) is 12.6 Å². The summed E-state index contributed by atoms with van der Waals surface area (Å²) in [6, 6.07) is -0.948. The third-order valence-corrected chi connectivity index (χ3v) is 16.9. The second-order valence-corrected chi connectivity index (χ2v) is 25.0. The van der Waals surface area contributed by atoms with Gasteiger partial charge in [-0.1, -0.05) is 277 Å². The van der Waals surface area contributed by atoms with Crippen molar-refractivity contribution in [3.8, 4) is 0 Å². The van der Waals surface area contributed by atoms with Gasteiger partial charge in [-0.15, -0.1) is 0 Å². The van der Waals surface area contributed by atoms with Gasteiger partial charge < -0.3 is 65.1 Å². The average Bonchev–Trinajstić information content (AvgIpc) is 1.42. The Labute approximate surface area is 546 Å². The second-order valence-electron chi connectivity index (χ2n) is 25.0. The zero-order valence-electron chi connectivity index (χ0n) is 56.3. The topological polar surface area (TPSA) is 228 Å². The van der Waals surface area contributed by atoms with Crippen molar-refractivity contribution in [2.24, 2.45) is 0 Å². The fraction of sp³-hybridized carbons (Fsp3) is 0.750. The van der Waals surface area contributed by atoms with Gasteiger partial charge in [0.2, 0.25) is 5.91 Å². The van der Waals surface area contributed by atoms with Gasteiger partial charge in [-0.2, -0.15) is 0 Å².